The third kappa shape index (κ3) is 40.6. The number of nitrogens with one attached hydrogen (secondary N) is 1. The molecule has 0 amide bonds. The van der Waals surface area contributed by atoms with Gasteiger partial charge in [0.05, 0.1) is 158 Å². The zero-order chi connectivity index (χ0) is 38.5. The molecule has 15 nitrogen and oxygen atoms in total. The van der Waals surface area contributed by atoms with Crippen LogP contribution in [0.5, 0.6) is 0 Å². The summed E-state index contributed by atoms with van der Waals surface area (Å²) in [5, 5.41) is 3.33. The van der Waals surface area contributed by atoms with Gasteiger partial charge in [-0.15, -0.1) is 0 Å². The van der Waals surface area contributed by atoms with Crippen LogP contribution >= 0.6 is 0 Å². The SMILES string of the molecule is CCCCCCCCCC(=O)OCCOCCOCCOCCOCCOCCOCCOCCOCCOCCOCCOCCOC1CCNCC1. The molecule has 0 aromatic heterocycles. The topological polar surface area (TPSA) is 149 Å². The standard InChI is InChI=1S/C39H77NO14/c1-2-3-4-5-6-7-8-9-39(41)54-37-35-52-33-31-50-29-27-48-25-23-46-21-19-44-17-15-42-14-16-43-18-20-45-22-24-47-26-28-49-30-32-51-34-36-53-38-10-12-40-13-11-38/h38,40H,2-37H2,1H3. The number of carbonyl (C=O) groups excluding carboxylic acids is 1. The van der Waals surface area contributed by atoms with Crippen LogP contribution in [-0.2, 0) is 66.4 Å². The molecule has 0 saturated carbocycles. The second kappa shape index (κ2) is 44.7. The van der Waals surface area contributed by atoms with Crippen molar-refractivity contribution in [3.63, 3.8) is 0 Å². The number of ether oxygens (including phenoxy) is 13. The van der Waals surface area contributed by atoms with E-state index in [4.69, 9.17) is 61.6 Å². The second-order valence-electron chi connectivity index (χ2n) is 12.6. The summed E-state index contributed by atoms with van der Waals surface area (Å²) in [6.45, 7) is 16.3. The van der Waals surface area contributed by atoms with Crippen LogP contribution in [0.4, 0.5) is 0 Å². The van der Waals surface area contributed by atoms with Crippen molar-refractivity contribution >= 4 is 5.97 Å². The Morgan fingerprint density at radius 3 is 1.06 bits per heavy atom. The van der Waals surface area contributed by atoms with E-state index in [0.717, 1.165) is 38.8 Å². The molecule has 54 heavy (non-hydrogen) atoms. The predicted molar refractivity (Wildman–Crippen MR) is 204 cm³/mol. The van der Waals surface area contributed by atoms with Crippen molar-refractivity contribution in [2.24, 2.45) is 0 Å². The van der Waals surface area contributed by atoms with Gasteiger partial charge < -0.3 is 66.9 Å². The summed E-state index contributed by atoms with van der Waals surface area (Å²) in [5.74, 6) is -0.141. The zero-order valence-corrected chi connectivity index (χ0v) is 33.7. The molecule has 0 aliphatic carbocycles. The van der Waals surface area contributed by atoms with Crippen molar-refractivity contribution in [3.05, 3.63) is 0 Å². The van der Waals surface area contributed by atoms with E-state index in [2.05, 4.69) is 12.2 Å². The molecular formula is C39H77NO14. The molecule has 322 valence electrons. The molecule has 0 unspecified atom stereocenters. The highest BCUT2D eigenvalue weighted by Crippen LogP contribution is 2.09. The molecule has 1 heterocycles. The predicted octanol–water partition coefficient (Wildman–Crippen LogP) is 3.62. The fraction of sp³-hybridized carbons (Fsp3) is 0.974. The van der Waals surface area contributed by atoms with Crippen LogP contribution in [0.1, 0.15) is 71.1 Å². The number of hydrogen-bond donors (Lipinski definition) is 1. The Labute approximate surface area is 326 Å². The van der Waals surface area contributed by atoms with E-state index in [1.807, 2.05) is 0 Å². The number of hydrogen-bond acceptors (Lipinski definition) is 15. The second-order valence-corrected chi connectivity index (χ2v) is 12.6. The van der Waals surface area contributed by atoms with E-state index in [-0.39, 0.29) is 12.6 Å². The molecule has 0 bridgehead atoms. The van der Waals surface area contributed by atoms with E-state index in [1.165, 1.54) is 32.1 Å². The van der Waals surface area contributed by atoms with Gasteiger partial charge in [-0.05, 0) is 32.4 Å². The third-order valence-electron chi connectivity index (χ3n) is 8.06. The van der Waals surface area contributed by atoms with Crippen molar-refractivity contribution in [1.29, 1.82) is 0 Å². The van der Waals surface area contributed by atoms with Crippen LogP contribution < -0.4 is 5.32 Å². The third-order valence-corrected chi connectivity index (χ3v) is 8.06. The summed E-state index contributed by atoms with van der Waals surface area (Å²) in [4.78, 5) is 11.7. The molecule has 0 aromatic rings. The van der Waals surface area contributed by atoms with E-state index >= 15 is 0 Å². The molecule has 0 spiro atoms. The molecule has 1 rings (SSSR count). The fourth-order valence-electron chi connectivity index (χ4n) is 5.05. The molecule has 15 heteroatoms. The van der Waals surface area contributed by atoms with Crippen molar-refractivity contribution in [2.45, 2.75) is 77.2 Å². The Balaban J connectivity index is 1.61. The van der Waals surface area contributed by atoms with Crippen LogP contribution in [0.25, 0.3) is 0 Å². The molecule has 1 aliphatic rings. The average Bonchev–Trinajstić information content (AvgIpc) is 3.19. The van der Waals surface area contributed by atoms with Crippen molar-refractivity contribution in [1.82, 2.24) is 5.32 Å². The summed E-state index contributed by atoms with van der Waals surface area (Å²) >= 11 is 0. The Hall–Kier alpha value is -1.05. The quantitative estimate of drug-likeness (QED) is 0.0708. The van der Waals surface area contributed by atoms with Crippen molar-refractivity contribution in [2.75, 3.05) is 172 Å². The smallest absolute Gasteiger partial charge is 0.305 e. The Bertz CT molecular complexity index is 735. The highest BCUT2D eigenvalue weighted by atomic mass is 16.6. The lowest BCUT2D eigenvalue weighted by atomic mass is 10.1. The fourth-order valence-corrected chi connectivity index (χ4v) is 5.05. The minimum Gasteiger partial charge on any atom is -0.463 e. The maximum absolute atomic E-state index is 11.7. The Kier molecular flexibility index (Phi) is 42.2. The Morgan fingerprint density at radius 1 is 0.407 bits per heavy atom. The lowest BCUT2D eigenvalue weighted by Gasteiger charge is -2.22. The molecule has 0 radical (unpaired) electrons. The largest absolute Gasteiger partial charge is 0.463 e. The highest BCUT2D eigenvalue weighted by Gasteiger charge is 2.12. The number of rotatable bonds is 45. The number of piperidine rings is 1. The van der Waals surface area contributed by atoms with E-state index in [0.29, 0.717) is 164 Å². The summed E-state index contributed by atoms with van der Waals surface area (Å²) < 4.78 is 71.4. The van der Waals surface area contributed by atoms with Crippen LogP contribution in [0.3, 0.4) is 0 Å². The lowest BCUT2D eigenvalue weighted by molar-refractivity contribution is -0.145. The van der Waals surface area contributed by atoms with Crippen LogP contribution in [0.15, 0.2) is 0 Å². The molecule has 1 N–H and O–H groups in total. The minimum atomic E-state index is -0.141. The number of unbranched alkanes of at least 4 members (excludes halogenated alkanes) is 6. The number of carbonyl (C=O) groups is 1. The maximum Gasteiger partial charge on any atom is 0.305 e. The van der Waals surface area contributed by atoms with Gasteiger partial charge >= 0.3 is 5.97 Å². The zero-order valence-electron chi connectivity index (χ0n) is 33.7. The molecule has 0 atom stereocenters. The van der Waals surface area contributed by atoms with E-state index in [1.54, 1.807) is 0 Å². The monoisotopic (exact) mass is 784 g/mol. The Morgan fingerprint density at radius 2 is 0.704 bits per heavy atom. The molecule has 1 fully saturated rings. The summed E-state index contributed by atoms with van der Waals surface area (Å²) in [7, 11) is 0. The summed E-state index contributed by atoms with van der Waals surface area (Å²) in [6, 6.07) is 0. The minimum absolute atomic E-state index is 0.141. The molecule has 1 saturated heterocycles. The first-order valence-electron chi connectivity index (χ1n) is 20.7. The summed E-state index contributed by atoms with van der Waals surface area (Å²) in [6.07, 6.45) is 11.3. The van der Waals surface area contributed by atoms with Gasteiger partial charge in [0.1, 0.15) is 6.61 Å². The van der Waals surface area contributed by atoms with Gasteiger partial charge in [0, 0.05) is 6.42 Å². The van der Waals surface area contributed by atoms with Gasteiger partial charge in [0.2, 0.25) is 0 Å². The normalized spacial score (nSPS) is 13.6. The number of esters is 1. The first-order chi connectivity index (χ1) is 26.8. The maximum atomic E-state index is 11.7. The van der Waals surface area contributed by atoms with Gasteiger partial charge in [-0.2, -0.15) is 0 Å². The van der Waals surface area contributed by atoms with E-state index in [9.17, 15) is 4.79 Å². The molecule has 1 aliphatic heterocycles. The van der Waals surface area contributed by atoms with Gasteiger partial charge in [-0.3, -0.25) is 4.79 Å². The van der Waals surface area contributed by atoms with E-state index < -0.39 is 0 Å². The van der Waals surface area contributed by atoms with Gasteiger partial charge in [-0.1, -0.05) is 45.4 Å². The highest BCUT2D eigenvalue weighted by molar-refractivity contribution is 5.69. The van der Waals surface area contributed by atoms with Crippen molar-refractivity contribution < 1.29 is 66.4 Å². The van der Waals surface area contributed by atoms with Crippen molar-refractivity contribution in [3.8, 4) is 0 Å². The first kappa shape index (κ1) is 51.0. The van der Waals surface area contributed by atoms with Gasteiger partial charge in [-0.25, -0.2) is 0 Å². The molecule has 0 aromatic carbocycles. The van der Waals surface area contributed by atoms with Gasteiger partial charge in [0.15, 0.2) is 0 Å². The lowest BCUT2D eigenvalue weighted by Crippen LogP contribution is -2.33. The molecular weight excluding hydrogens is 706 g/mol. The first-order valence-corrected chi connectivity index (χ1v) is 20.7. The van der Waals surface area contributed by atoms with Crippen LogP contribution in [0.2, 0.25) is 0 Å². The van der Waals surface area contributed by atoms with Crippen LogP contribution in [-0.4, -0.2) is 184 Å². The average molecular weight is 784 g/mol. The van der Waals surface area contributed by atoms with Gasteiger partial charge in [0.25, 0.3) is 0 Å². The van der Waals surface area contributed by atoms with Crippen LogP contribution in [0, 0.1) is 0 Å². The summed E-state index contributed by atoms with van der Waals surface area (Å²) in [5.41, 5.74) is 0.